The first-order chi connectivity index (χ1) is 19.4. The minimum absolute atomic E-state index is 0. The summed E-state index contributed by atoms with van der Waals surface area (Å²) < 4.78 is 27.0. The lowest BCUT2D eigenvalue weighted by atomic mass is 9.43. The fourth-order valence-electron chi connectivity index (χ4n) is 7.27. The summed E-state index contributed by atoms with van der Waals surface area (Å²) in [5.41, 5.74) is 5.35. The second kappa shape index (κ2) is 12.6. The molecule has 0 spiro atoms. The Morgan fingerprint density at radius 3 is 2.43 bits per heavy atom. The van der Waals surface area contributed by atoms with E-state index in [1.165, 1.54) is 12.1 Å². The molecule has 3 saturated carbocycles. The zero-order valence-electron chi connectivity index (χ0n) is 25.2. The minimum atomic E-state index is -0.776. The highest BCUT2D eigenvalue weighted by Gasteiger charge is 2.68. The van der Waals surface area contributed by atoms with Gasteiger partial charge in [0, 0.05) is 6.42 Å². The Labute approximate surface area is 255 Å². The Hall–Kier alpha value is -2.46. The monoisotopic (exact) mass is 599 g/mol. The molecule has 10 heteroatoms. The molecule has 1 aliphatic heterocycles. The number of amides is 2. The third-order valence-electron chi connectivity index (χ3n) is 10.2. The lowest BCUT2D eigenvalue weighted by molar-refractivity contribution is -0.403. The first-order valence-electron chi connectivity index (χ1n) is 15.0. The highest BCUT2D eigenvalue weighted by Crippen LogP contribution is 2.66. The molecule has 2 aromatic carbocycles. The van der Waals surface area contributed by atoms with Crippen molar-refractivity contribution < 1.29 is 41.4 Å². The first-order valence-corrected chi connectivity index (χ1v) is 15.0. The maximum atomic E-state index is 13.9. The van der Waals surface area contributed by atoms with Gasteiger partial charge >= 0.3 is 7.12 Å². The van der Waals surface area contributed by atoms with Crippen molar-refractivity contribution in [3.05, 3.63) is 71.5 Å². The SMILES string of the molecule is CCC(C)[C@H](NC(=O)[C@H]([NH3+])Cc1cccc(F)c1)C(=O)N[C@H](B1O[C@H]2C[C@H]3C[C@H](C3(C)C)[C@@]2(C)O1)c1ccccc1.[Cl-]. The van der Waals surface area contributed by atoms with E-state index < -0.39 is 30.7 Å². The molecule has 3 aliphatic carbocycles. The van der Waals surface area contributed by atoms with E-state index in [1.807, 2.05) is 44.2 Å². The molecule has 0 aromatic heterocycles. The Kier molecular flexibility index (Phi) is 9.77. The van der Waals surface area contributed by atoms with E-state index in [1.54, 1.807) is 12.1 Å². The van der Waals surface area contributed by atoms with Gasteiger partial charge in [0.15, 0.2) is 6.04 Å². The molecule has 228 valence electrons. The van der Waals surface area contributed by atoms with Crippen molar-refractivity contribution in [2.75, 3.05) is 0 Å². The fourth-order valence-corrected chi connectivity index (χ4v) is 7.27. The molecule has 1 saturated heterocycles. The highest BCUT2D eigenvalue weighted by molar-refractivity contribution is 6.47. The molecule has 5 N–H and O–H groups in total. The highest BCUT2D eigenvalue weighted by atomic mass is 35.5. The molecule has 6 rings (SSSR count). The normalized spacial score (nSPS) is 28.3. The van der Waals surface area contributed by atoms with Crippen LogP contribution in [0.1, 0.15) is 70.9 Å². The van der Waals surface area contributed by atoms with Gasteiger partial charge in [-0.15, -0.1) is 0 Å². The van der Waals surface area contributed by atoms with E-state index in [2.05, 4.69) is 37.1 Å². The Bertz CT molecular complexity index is 1270. The summed E-state index contributed by atoms with van der Waals surface area (Å²) in [6, 6.07) is 14.4. The number of hydrogen-bond acceptors (Lipinski definition) is 4. The molecule has 2 aromatic rings. The number of carbonyl (C=O) groups excluding carboxylic acids is 2. The van der Waals surface area contributed by atoms with Crippen molar-refractivity contribution in [1.82, 2.24) is 10.6 Å². The molecule has 0 radical (unpaired) electrons. The lowest BCUT2D eigenvalue weighted by Gasteiger charge is -2.64. The number of carbonyl (C=O) groups is 2. The molecule has 1 heterocycles. The largest absolute Gasteiger partial charge is 1.00 e. The van der Waals surface area contributed by atoms with Crippen molar-refractivity contribution in [1.29, 1.82) is 0 Å². The summed E-state index contributed by atoms with van der Waals surface area (Å²) in [6.45, 7) is 10.7. The average molecular weight is 600 g/mol. The van der Waals surface area contributed by atoms with Crippen LogP contribution in [0.2, 0.25) is 0 Å². The van der Waals surface area contributed by atoms with Gasteiger partial charge in [-0.25, -0.2) is 4.39 Å². The second-order valence-corrected chi connectivity index (χ2v) is 13.1. The summed E-state index contributed by atoms with van der Waals surface area (Å²) in [5, 5.41) is 6.14. The number of nitrogens with one attached hydrogen (secondary N) is 2. The topological polar surface area (TPSA) is 104 Å². The summed E-state index contributed by atoms with van der Waals surface area (Å²) in [7, 11) is -0.645. The smallest absolute Gasteiger partial charge is 0.486 e. The number of halogens is 2. The maximum absolute atomic E-state index is 13.9. The molecule has 2 amide bonds. The molecule has 4 aliphatic rings. The van der Waals surface area contributed by atoms with Crippen LogP contribution in [0, 0.1) is 29.0 Å². The molecule has 4 fully saturated rings. The van der Waals surface area contributed by atoms with Crippen LogP contribution >= 0.6 is 0 Å². The van der Waals surface area contributed by atoms with Gasteiger partial charge in [-0.2, -0.15) is 0 Å². The molecule has 42 heavy (non-hydrogen) atoms. The van der Waals surface area contributed by atoms with Gasteiger partial charge in [0.25, 0.3) is 5.91 Å². The molecule has 7 nitrogen and oxygen atoms in total. The van der Waals surface area contributed by atoms with Gasteiger partial charge < -0.3 is 38.1 Å². The number of benzene rings is 2. The van der Waals surface area contributed by atoms with Crippen molar-refractivity contribution in [2.24, 2.45) is 23.2 Å². The zero-order chi connectivity index (χ0) is 29.5. The number of hydrogen-bond donors (Lipinski definition) is 3. The van der Waals surface area contributed by atoms with Crippen LogP contribution in [0.4, 0.5) is 4.39 Å². The van der Waals surface area contributed by atoms with E-state index in [9.17, 15) is 14.0 Å². The van der Waals surface area contributed by atoms with Crippen molar-refractivity contribution in [3.63, 3.8) is 0 Å². The zero-order valence-corrected chi connectivity index (χ0v) is 26.0. The first kappa shape index (κ1) is 32.5. The maximum Gasteiger partial charge on any atom is 0.486 e. The summed E-state index contributed by atoms with van der Waals surface area (Å²) in [6.07, 6.45) is 3.03. The molecule has 2 bridgehead atoms. The third kappa shape index (κ3) is 6.12. The van der Waals surface area contributed by atoms with E-state index >= 15 is 0 Å². The second-order valence-electron chi connectivity index (χ2n) is 13.1. The Morgan fingerprint density at radius 1 is 1.07 bits per heavy atom. The van der Waals surface area contributed by atoms with Crippen LogP contribution in [0.5, 0.6) is 0 Å². The van der Waals surface area contributed by atoms with Gasteiger partial charge in [0.05, 0.1) is 17.6 Å². The van der Waals surface area contributed by atoms with E-state index in [0.29, 0.717) is 23.8 Å². The standard InChI is InChI=1S/C32H43BFN3O4.ClH/c1-6-19(2)27(36-29(38)24(35)16-20-11-10-14-23(34)15-20)30(39)37-28(21-12-8-7-9-13-21)33-40-26-18-22-17-25(31(22,3)4)32(26,5)41-33;/h7-15,19,22,24-28H,6,16-18,35H2,1-5H3,(H,36,38)(H,37,39);1H/t19?,22-,24-,25-,26+,27+,28+,32-;/m1./s1. The Balaban J connectivity index is 0.00000405. The van der Waals surface area contributed by atoms with Crippen LogP contribution in [-0.4, -0.2) is 42.7 Å². The van der Waals surface area contributed by atoms with Crippen molar-refractivity contribution >= 4 is 18.9 Å². The summed E-state index contributed by atoms with van der Waals surface area (Å²) in [4.78, 5) is 27.1. The predicted molar refractivity (Wildman–Crippen MR) is 156 cm³/mol. The molecular formula is C32H44BClFN3O4. The third-order valence-corrected chi connectivity index (χ3v) is 10.2. The van der Waals surface area contributed by atoms with Gasteiger partial charge in [0.1, 0.15) is 11.9 Å². The van der Waals surface area contributed by atoms with Gasteiger partial charge in [0.2, 0.25) is 5.91 Å². The summed E-state index contributed by atoms with van der Waals surface area (Å²) in [5.74, 6) is -0.658. The quantitative estimate of drug-likeness (QED) is 0.349. The van der Waals surface area contributed by atoms with Crippen LogP contribution in [0.25, 0.3) is 0 Å². The van der Waals surface area contributed by atoms with Gasteiger partial charge in [-0.05, 0) is 66.2 Å². The fraction of sp³-hybridized carbons (Fsp3) is 0.562. The van der Waals surface area contributed by atoms with E-state index in [4.69, 9.17) is 9.31 Å². The Morgan fingerprint density at radius 2 is 1.79 bits per heavy atom. The van der Waals surface area contributed by atoms with Crippen molar-refractivity contribution in [2.45, 2.75) is 90.0 Å². The molecular weight excluding hydrogens is 556 g/mol. The van der Waals surface area contributed by atoms with Crippen molar-refractivity contribution in [3.8, 4) is 0 Å². The number of rotatable bonds is 10. The van der Waals surface area contributed by atoms with Crippen LogP contribution in [0.15, 0.2) is 54.6 Å². The van der Waals surface area contributed by atoms with Crippen LogP contribution in [-0.2, 0) is 25.3 Å². The summed E-state index contributed by atoms with van der Waals surface area (Å²) >= 11 is 0. The molecule has 8 atom stereocenters. The minimum Gasteiger partial charge on any atom is -1.00 e. The van der Waals surface area contributed by atoms with E-state index in [-0.39, 0.29) is 53.9 Å². The molecule has 1 unspecified atom stereocenters. The van der Waals surface area contributed by atoms with E-state index in [0.717, 1.165) is 18.4 Å². The lowest BCUT2D eigenvalue weighted by Crippen LogP contribution is -3.00. The van der Waals surface area contributed by atoms with Gasteiger partial charge in [-0.1, -0.05) is 76.6 Å². The predicted octanol–water partition coefficient (Wildman–Crippen LogP) is 0.639. The average Bonchev–Trinajstić information content (AvgIpc) is 3.31. The number of quaternary nitrogens is 1. The van der Waals surface area contributed by atoms with Gasteiger partial charge in [-0.3, -0.25) is 9.59 Å². The van der Waals surface area contributed by atoms with Crippen LogP contribution in [0.3, 0.4) is 0 Å². The van der Waals surface area contributed by atoms with Crippen LogP contribution < -0.4 is 28.8 Å².